The van der Waals surface area contributed by atoms with Crippen LogP contribution in [0.15, 0.2) is 53.4 Å². The van der Waals surface area contributed by atoms with Crippen molar-refractivity contribution in [3.63, 3.8) is 0 Å². The van der Waals surface area contributed by atoms with Crippen molar-refractivity contribution < 1.29 is 32.6 Å². The van der Waals surface area contributed by atoms with Gasteiger partial charge in [-0.05, 0) is 74.2 Å². The molecule has 1 saturated heterocycles. The number of hydrogen-bond acceptors (Lipinski definition) is 8. The molecule has 0 unspecified atom stereocenters. The molecule has 0 spiro atoms. The number of rotatable bonds is 11. The first kappa shape index (κ1) is 25.3. The Hall–Kier alpha value is -2.82. The van der Waals surface area contributed by atoms with Crippen molar-refractivity contribution in [3.8, 4) is 17.2 Å². The SMILES string of the molecule is COc1ccc(OCCCOc2ccc(S(=O)(=O)C3(C(=O)NO)CCN(C4CC4)CC3)cc2)cc1. The quantitative estimate of drug-likeness (QED) is 0.273. The molecule has 0 bridgehead atoms. The smallest absolute Gasteiger partial charge is 0.265 e. The normalized spacial score (nSPS) is 18.0. The van der Waals surface area contributed by atoms with Gasteiger partial charge in [0.2, 0.25) is 0 Å². The second-order valence-electron chi connectivity index (χ2n) is 8.90. The highest BCUT2D eigenvalue weighted by Crippen LogP contribution is 2.39. The van der Waals surface area contributed by atoms with Gasteiger partial charge in [0.15, 0.2) is 14.6 Å². The second-order valence-corrected chi connectivity index (χ2v) is 11.2. The van der Waals surface area contributed by atoms with E-state index in [9.17, 15) is 18.4 Å². The maximum atomic E-state index is 13.5. The molecule has 0 radical (unpaired) electrons. The Labute approximate surface area is 205 Å². The summed E-state index contributed by atoms with van der Waals surface area (Å²) in [7, 11) is -2.42. The van der Waals surface area contributed by atoms with Crippen molar-refractivity contribution in [1.29, 1.82) is 0 Å². The van der Waals surface area contributed by atoms with Gasteiger partial charge in [0.25, 0.3) is 5.91 Å². The number of carbonyl (C=O) groups is 1. The zero-order valence-corrected chi connectivity index (χ0v) is 20.6. The van der Waals surface area contributed by atoms with Crippen molar-refractivity contribution in [2.24, 2.45) is 0 Å². The lowest BCUT2D eigenvalue weighted by atomic mass is 9.94. The number of hydroxylamine groups is 1. The molecule has 1 saturated carbocycles. The Morgan fingerprint density at radius 2 is 1.49 bits per heavy atom. The molecule has 2 aromatic rings. The van der Waals surface area contributed by atoms with Crippen LogP contribution in [0.3, 0.4) is 0 Å². The molecule has 1 heterocycles. The van der Waals surface area contributed by atoms with Crippen LogP contribution in [0.4, 0.5) is 0 Å². The van der Waals surface area contributed by atoms with Gasteiger partial charge in [0.05, 0.1) is 25.2 Å². The van der Waals surface area contributed by atoms with Crippen molar-refractivity contribution in [3.05, 3.63) is 48.5 Å². The number of hydrogen-bond donors (Lipinski definition) is 2. The average molecular weight is 505 g/mol. The predicted octanol–water partition coefficient (Wildman–Crippen LogP) is 2.82. The Kier molecular flexibility index (Phi) is 7.83. The zero-order chi connectivity index (χ0) is 24.9. The van der Waals surface area contributed by atoms with Gasteiger partial charge in [0.1, 0.15) is 17.2 Å². The lowest BCUT2D eigenvalue weighted by molar-refractivity contribution is -0.133. The van der Waals surface area contributed by atoms with E-state index < -0.39 is 20.5 Å². The number of amides is 1. The van der Waals surface area contributed by atoms with Crippen molar-refractivity contribution in [2.75, 3.05) is 33.4 Å². The van der Waals surface area contributed by atoms with E-state index >= 15 is 0 Å². The van der Waals surface area contributed by atoms with Crippen LogP contribution in [0.1, 0.15) is 32.1 Å². The molecular weight excluding hydrogens is 472 g/mol. The number of benzene rings is 2. The van der Waals surface area contributed by atoms with Gasteiger partial charge >= 0.3 is 0 Å². The van der Waals surface area contributed by atoms with Crippen LogP contribution < -0.4 is 19.7 Å². The van der Waals surface area contributed by atoms with E-state index in [0.29, 0.717) is 44.5 Å². The highest BCUT2D eigenvalue weighted by Gasteiger charge is 2.53. The Balaban J connectivity index is 1.32. The number of ether oxygens (including phenoxy) is 3. The van der Waals surface area contributed by atoms with Gasteiger partial charge < -0.3 is 19.1 Å². The Bertz CT molecular complexity index is 1090. The minimum atomic E-state index is -4.03. The summed E-state index contributed by atoms with van der Waals surface area (Å²) in [6, 6.07) is 13.9. The lowest BCUT2D eigenvalue weighted by Crippen LogP contribution is -2.58. The third kappa shape index (κ3) is 5.55. The molecule has 9 nitrogen and oxygen atoms in total. The zero-order valence-electron chi connectivity index (χ0n) is 19.8. The average Bonchev–Trinajstić information content (AvgIpc) is 3.74. The molecule has 0 atom stereocenters. The van der Waals surface area contributed by atoms with E-state index in [1.54, 1.807) is 24.7 Å². The molecule has 2 aromatic carbocycles. The number of methoxy groups -OCH3 is 1. The van der Waals surface area contributed by atoms with Crippen LogP contribution in [0.25, 0.3) is 0 Å². The van der Waals surface area contributed by atoms with E-state index in [1.807, 2.05) is 24.3 Å². The molecular formula is C25H32N2O7S. The summed E-state index contributed by atoms with van der Waals surface area (Å²) in [5.41, 5.74) is 1.60. The van der Waals surface area contributed by atoms with E-state index in [2.05, 4.69) is 4.90 Å². The minimum absolute atomic E-state index is 0.0381. The van der Waals surface area contributed by atoms with Gasteiger partial charge in [-0.3, -0.25) is 10.0 Å². The van der Waals surface area contributed by atoms with Crippen molar-refractivity contribution in [2.45, 2.75) is 47.8 Å². The summed E-state index contributed by atoms with van der Waals surface area (Å²) in [4.78, 5) is 14.9. The largest absolute Gasteiger partial charge is 0.497 e. The first-order valence-electron chi connectivity index (χ1n) is 11.8. The fourth-order valence-corrected chi connectivity index (χ4v) is 6.42. The van der Waals surface area contributed by atoms with Gasteiger partial charge in [-0.25, -0.2) is 13.9 Å². The van der Waals surface area contributed by atoms with E-state index in [0.717, 1.165) is 24.3 Å². The Morgan fingerprint density at radius 1 is 0.971 bits per heavy atom. The van der Waals surface area contributed by atoms with Crippen LogP contribution in [-0.4, -0.2) is 68.6 Å². The number of nitrogens with one attached hydrogen (secondary N) is 1. The van der Waals surface area contributed by atoms with Crippen LogP contribution in [0.5, 0.6) is 17.2 Å². The maximum absolute atomic E-state index is 13.5. The molecule has 2 aliphatic rings. The van der Waals surface area contributed by atoms with Gasteiger partial charge in [0, 0.05) is 25.6 Å². The molecule has 1 aliphatic carbocycles. The third-order valence-electron chi connectivity index (χ3n) is 6.72. The monoisotopic (exact) mass is 504 g/mol. The fourth-order valence-electron chi connectivity index (χ4n) is 4.46. The molecule has 1 amide bonds. The fraction of sp³-hybridized carbons (Fsp3) is 0.480. The number of piperidine rings is 1. The van der Waals surface area contributed by atoms with Crippen LogP contribution in [-0.2, 0) is 14.6 Å². The topological polar surface area (TPSA) is 114 Å². The number of sulfone groups is 1. The lowest BCUT2D eigenvalue weighted by Gasteiger charge is -2.39. The second kappa shape index (κ2) is 10.8. The van der Waals surface area contributed by atoms with E-state index in [4.69, 9.17) is 14.2 Å². The Morgan fingerprint density at radius 3 is 1.97 bits per heavy atom. The molecule has 35 heavy (non-hydrogen) atoms. The van der Waals surface area contributed by atoms with Crippen LogP contribution in [0, 0.1) is 0 Å². The van der Waals surface area contributed by atoms with Crippen molar-refractivity contribution >= 4 is 15.7 Å². The number of likely N-dealkylation sites (tertiary alicyclic amines) is 1. The highest BCUT2D eigenvalue weighted by molar-refractivity contribution is 7.93. The molecule has 2 fully saturated rings. The van der Waals surface area contributed by atoms with Crippen LogP contribution >= 0.6 is 0 Å². The third-order valence-corrected chi connectivity index (χ3v) is 9.23. The maximum Gasteiger partial charge on any atom is 0.265 e. The van der Waals surface area contributed by atoms with Gasteiger partial charge in [-0.2, -0.15) is 0 Å². The van der Waals surface area contributed by atoms with E-state index in [1.165, 1.54) is 12.1 Å². The molecule has 0 aromatic heterocycles. The molecule has 4 rings (SSSR count). The highest BCUT2D eigenvalue weighted by atomic mass is 32.2. The molecule has 1 aliphatic heterocycles. The molecule has 190 valence electrons. The summed E-state index contributed by atoms with van der Waals surface area (Å²) in [6.07, 6.45) is 3.15. The van der Waals surface area contributed by atoms with E-state index in [-0.39, 0.29) is 17.7 Å². The molecule has 10 heteroatoms. The first-order valence-corrected chi connectivity index (χ1v) is 13.3. The summed E-state index contributed by atoms with van der Waals surface area (Å²) in [6.45, 7) is 1.89. The predicted molar refractivity (Wildman–Crippen MR) is 129 cm³/mol. The van der Waals surface area contributed by atoms with Gasteiger partial charge in [-0.1, -0.05) is 0 Å². The summed E-state index contributed by atoms with van der Waals surface area (Å²) in [5.74, 6) is 1.16. The number of nitrogens with zero attached hydrogens (tertiary/aromatic N) is 1. The summed E-state index contributed by atoms with van der Waals surface area (Å²) in [5, 5.41) is 9.32. The molecule has 2 N–H and O–H groups in total. The standard InChI is InChI=1S/C25H32N2O7S/c1-32-20-5-7-21(8-6-20)33-17-2-18-34-22-9-11-23(12-10-22)35(30,31)25(24(28)26-29)13-15-27(16-14-25)19-3-4-19/h5-12,19,29H,2-4,13-18H2,1H3,(H,26,28). The van der Waals surface area contributed by atoms with Crippen LogP contribution in [0.2, 0.25) is 0 Å². The first-order chi connectivity index (χ1) is 16.9. The number of carbonyl (C=O) groups excluding carboxylic acids is 1. The minimum Gasteiger partial charge on any atom is -0.497 e. The summed E-state index contributed by atoms with van der Waals surface area (Å²) < 4.78 is 41.9. The summed E-state index contributed by atoms with van der Waals surface area (Å²) >= 11 is 0. The van der Waals surface area contributed by atoms with Crippen molar-refractivity contribution in [1.82, 2.24) is 10.4 Å². The van der Waals surface area contributed by atoms with Gasteiger partial charge in [-0.15, -0.1) is 0 Å².